The van der Waals surface area contributed by atoms with Crippen LogP contribution in [-0.4, -0.2) is 24.1 Å². The van der Waals surface area contributed by atoms with Gasteiger partial charge in [0.25, 0.3) is 0 Å². The Kier molecular flexibility index (Phi) is 4.75. The van der Waals surface area contributed by atoms with Crippen molar-refractivity contribution < 1.29 is 8.76 Å². The van der Waals surface area contributed by atoms with Gasteiger partial charge in [0, 0.05) is 22.3 Å². The van der Waals surface area contributed by atoms with Gasteiger partial charge in [0.15, 0.2) is 0 Å². The van der Waals surface area contributed by atoms with Gasteiger partial charge in [0.1, 0.15) is 0 Å². The zero-order valence-electron chi connectivity index (χ0n) is 10.1. The van der Waals surface area contributed by atoms with E-state index in [0.29, 0.717) is 0 Å². The van der Waals surface area contributed by atoms with Crippen molar-refractivity contribution in [2.24, 2.45) is 0 Å². The third-order valence-electron chi connectivity index (χ3n) is 2.98. The van der Waals surface area contributed by atoms with E-state index in [9.17, 15) is 8.76 Å². The Labute approximate surface area is 90.3 Å². The molecule has 3 nitrogen and oxygen atoms in total. The number of hydrogen-bond donors (Lipinski definition) is 0. The van der Waals surface area contributed by atoms with E-state index in [1.807, 2.05) is 41.5 Å². The molecule has 14 heavy (non-hydrogen) atoms. The van der Waals surface area contributed by atoms with Crippen LogP contribution in [0.2, 0.25) is 0 Å². The van der Waals surface area contributed by atoms with Crippen LogP contribution in [0.25, 0.3) is 0 Å². The third-order valence-corrected chi connectivity index (χ3v) is 4.27. The Balaban J connectivity index is 5.06. The largest absolute Gasteiger partial charge is 0.760 e. The molecule has 0 aliphatic heterocycles. The topological polar surface area (TPSA) is 43.4 Å². The van der Waals surface area contributed by atoms with Crippen LogP contribution in [-0.2, 0) is 11.3 Å². The molecule has 0 rings (SSSR count). The molecule has 0 aromatic heterocycles. The minimum atomic E-state index is -2.16. The van der Waals surface area contributed by atoms with Crippen molar-refractivity contribution in [3.63, 3.8) is 0 Å². The molecule has 0 spiro atoms. The van der Waals surface area contributed by atoms with Crippen molar-refractivity contribution in [1.29, 1.82) is 0 Å². The first-order valence-electron chi connectivity index (χ1n) is 5.08. The number of hydrogen-bond acceptors (Lipinski definition) is 2. The van der Waals surface area contributed by atoms with E-state index in [1.165, 1.54) is 0 Å². The van der Waals surface area contributed by atoms with Gasteiger partial charge in [-0.25, -0.2) is 4.31 Å². The maximum Gasteiger partial charge on any atom is 0.0273 e. The van der Waals surface area contributed by atoms with Gasteiger partial charge in [-0.3, -0.25) is 4.21 Å². The van der Waals surface area contributed by atoms with E-state index in [2.05, 4.69) is 0 Å². The molecule has 0 saturated carbocycles. The van der Waals surface area contributed by atoms with E-state index in [-0.39, 0.29) is 11.1 Å². The van der Waals surface area contributed by atoms with Gasteiger partial charge in [-0.05, 0) is 40.5 Å². The van der Waals surface area contributed by atoms with E-state index >= 15 is 0 Å². The van der Waals surface area contributed by atoms with Crippen LogP contribution in [0.1, 0.15) is 54.4 Å². The average Bonchev–Trinajstić information content (AvgIpc) is 2.02. The van der Waals surface area contributed by atoms with Crippen LogP contribution in [0, 0.1) is 0 Å². The summed E-state index contributed by atoms with van der Waals surface area (Å²) >= 11 is -2.16. The molecule has 0 radical (unpaired) electrons. The summed E-state index contributed by atoms with van der Waals surface area (Å²) in [5.41, 5.74) is -0.627. The van der Waals surface area contributed by atoms with E-state index in [0.717, 1.165) is 12.8 Å². The highest BCUT2D eigenvalue weighted by atomic mass is 32.2. The second-order valence-electron chi connectivity index (χ2n) is 4.84. The molecular weight excluding hydrogens is 198 g/mol. The number of nitrogens with zero attached hydrogens (tertiary/aromatic N) is 1. The fourth-order valence-corrected chi connectivity index (χ4v) is 2.58. The quantitative estimate of drug-likeness (QED) is 0.668. The van der Waals surface area contributed by atoms with Crippen LogP contribution in [0.4, 0.5) is 0 Å². The highest BCUT2D eigenvalue weighted by molar-refractivity contribution is 7.76. The Morgan fingerprint density at radius 3 is 1.50 bits per heavy atom. The molecule has 0 fully saturated rings. The second kappa shape index (κ2) is 4.73. The molecule has 1 atom stereocenters. The van der Waals surface area contributed by atoms with Crippen molar-refractivity contribution in [2.45, 2.75) is 65.5 Å². The van der Waals surface area contributed by atoms with Gasteiger partial charge >= 0.3 is 0 Å². The average molecular weight is 220 g/mol. The van der Waals surface area contributed by atoms with Crippen LogP contribution < -0.4 is 0 Å². The van der Waals surface area contributed by atoms with Crippen molar-refractivity contribution in [3.05, 3.63) is 0 Å². The molecule has 0 saturated heterocycles. The Morgan fingerprint density at radius 1 is 1.07 bits per heavy atom. The third kappa shape index (κ3) is 3.04. The maximum absolute atomic E-state index is 11.2. The van der Waals surface area contributed by atoms with Crippen LogP contribution in [0.3, 0.4) is 0 Å². The molecule has 0 aliphatic carbocycles. The predicted molar refractivity (Wildman–Crippen MR) is 59.5 cm³/mol. The Morgan fingerprint density at radius 2 is 1.36 bits per heavy atom. The summed E-state index contributed by atoms with van der Waals surface area (Å²) in [6.07, 6.45) is 1.62. The van der Waals surface area contributed by atoms with E-state index < -0.39 is 11.3 Å². The van der Waals surface area contributed by atoms with E-state index in [4.69, 9.17) is 0 Å². The zero-order chi connectivity index (χ0) is 11.6. The van der Waals surface area contributed by atoms with Crippen LogP contribution in [0.15, 0.2) is 0 Å². The lowest BCUT2D eigenvalue weighted by Gasteiger charge is -2.48. The summed E-state index contributed by atoms with van der Waals surface area (Å²) in [5.74, 6) is 0. The van der Waals surface area contributed by atoms with Gasteiger partial charge in [0.05, 0.1) is 0 Å². The second-order valence-corrected chi connectivity index (χ2v) is 5.64. The summed E-state index contributed by atoms with van der Waals surface area (Å²) in [5, 5.41) is 0. The fraction of sp³-hybridized carbons (Fsp3) is 1.00. The molecule has 0 aromatic rings. The first-order valence-corrected chi connectivity index (χ1v) is 6.12. The van der Waals surface area contributed by atoms with Gasteiger partial charge in [-0.15, -0.1) is 0 Å². The minimum absolute atomic E-state index is 0.313. The highest BCUT2D eigenvalue weighted by Crippen LogP contribution is 2.31. The van der Waals surface area contributed by atoms with E-state index in [1.54, 1.807) is 4.31 Å². The fourth-order valence-electron chi connectivity index (χ4n) is 1.51. The maximum atomic E-state index is 11.2. The molecule has 1 unspecified atom stereocenters. The van der Waals surface area contributed by atoms with Gasteiger partial charge < -0.3 is 4.55 Å². The van der Waals surface area contributed by atoms with Crippen molar-refractivity contribution in [2.75, 3.05) is 0 Å². The molecule has 0 N–H and O–H groups in total. The van der Waals surface area contributed by atoms with Gasteiger partial charge in [-0.1, -0.05) is 13.8 Å². The molecule has 4 heteroatoms. The van der Waals surface area contributed by atoms with Crippen LogP contribution in [0.5, 0.6) is 0 Å². The molecule has 0 aliphatic rings. The Bertz CT molecular complexity index is 198. The highest BCUT2D eigenvalue weighted by Gasteiger charge is 2.36. The number of rotatable bonds is 5. The lowest BCUT2D eigenvalue weighted by molar-refractivity contribution is 0.101. The predicted octanol–water partition coefficient (Wildman–Crippen LogP) is 2.46. The smallest absolute Gasteiger partial charge is 0.0273 e. The van der Waals surface area contributed by atoms with Crippen LogP contribution >= 0.6 is 0 Å². The monoisotopic (exact) mass is 220 g/mol. The lowest BCUT2D eigenvalue weighted by Crippen LogP contribution is -2.55. The standard InChI is InChI=1S/C10H23NO2S/c1-7-9(3,4)11(14(12)13)10(5,6)8-2/h7-8H2,1-6H3,(H,12,13)/p-1. The zero-order valence-corrected chi connectivity index (χ0v) is 10.9. The molecular formula is C10H22NO2S-. The van der Waals surface area contributed by atoms with Crippen molar-refractivity contribution in [3.8, 4) is 0 Å². The normalized spacial score (nSPS) is 16.0. The summed E-state index contributed by atoms with van der Waals surface area (Å²) < 4.78 is 24.0. The lowest BCUT2D eigenvalue weighted by atomic mass is 9.93. The van der Waals surface area contributed by atoms with Gasteiger partial charge in [-0.2, -0.15) is 0 Å². The first kappa shape index (κ1) is 14.1. The van der Waals surface area contributed by atoms with Gasteiger partial charge in [0.2, 0.25) is 0 Å². The molecule has 0 bridgehead atoms. The molecule has 0 aromatic carbocycles. The summed E-state index contributed by atoms with van der Waals surface area (Å²) in [6, 6.07) is 0. The SMILES string of the molecule is CCC(C)(C)N(S(=O)[O-])C(C)(C)CC. The summed E-state index contributed by atoms with van der Waals surface area (Å²) in [7, 11) is 0. The molecule has 0 amide bonds. The Hall–Kier alpha value is 0.0700. The van der Waals surface area contributed by atoms with Crippen molar-refractivity contribution in [1.82, 2.24) is 4.31 Å². The summed E-state index contributed by atoms with van der Waals surface area (Å²) in [4.78, 5) is 0. The molecule has 86 valence electrons. The van der Waals surface area contributed by atoms with Crippen molar-refractivity contribution >= 4 is 11.3 Å². The first-order chi connectivity index (χ1) is 6.19. The molecule has 0 heterocycles. The minimum Gasteiger partial charge on any atom is -0.760 e. The summed E-state index contributed by atoms with van der Waals surface area (Å²) in [6.45, 7) is 11.8.